The van der Waals surface area contributed by atoms with Crippen molar-refractivity contribution in [2.45, 2.75) is 12.1 Å². The third kappa shape index (κ3) is 3.14. The summed E-state index contributed by atoms with van der Waals surface area (Å²) in [5, 5.41) is 27.2. The van der Waals surface area contributed by atoms with Gasteiger partial charge in [0.25, 0.3) is 0 Å². The van der Waals surface area contributed by atoms with Gasteiger partial charge in [0.2, 0.25) is 0 Å². The van der Waals surface area contributed by atoms with E-state index in [2.05, 4.69) is 5.32 Å². The van der Waals surface area contributed by atoms with Gasteiger partial charge in [-0.05, 0) is 58.3 Å². The summed E-state index contributed by atoms with van der Waals surface area (Å²) in [5.41, 5.74) is 3.52. The highest BCUT2D eigenvalue weighted by molar-refractivity contribution is 5.95. The summed E-state index contributed by atoms with van der Waals surface area (Å²) in [4.78, 5) is 0. The standard InChI is InChI=1S/C26H23NO4/c1-30-18-9-3-16(4-10-18)25-23-20(28)13-7-15-8-14-21(29)24(22(15)23)26(27-25)17-5-11-19(31-2)12-6-17/h3-14,25-29H,1-2H3/t25-,26-/m0/s1. The monoisotopic (exact) mass is 413 g/mol. The molecule has 5 heteroatoms. The fourth-order valence-electron chi connectivity index (χ4n) is 4.49. The van der Waals surface area contributed by atoms with Crippen LogP contribution in [-0.2, 0) is 0 Å². The van der Waals surface area contributed by atoms with Crippen molar-refractivity contribution in [3.8, 4) is 23.0 Å². The van der Waals surface area contributed by atoms with Crippen LogP contribution in [0, 0.1) is 0 Å². The van der Waals surface area contributed by atoms with Gasteiger partial charge in [0.05, 0.1) is 26.3 Å². The Balaban J connectivity index is 1.76. The van der Waals surface area contributed by atoms with Crippen molar-refractivity contribution >= 4 is 10.8 Å². The molecule has 0 radical (unpaired) electrons. The third-order valence-electron chi connectivity index (χ3n) is 6.03. The molecule has 3 N–H and O–H groups in total. The largest absolute Gasteiger partial charge is 0.508 e. The number of methoxy groups -OCH3 is 2. The number of nitrogens with one attached hydrogen (secondary N) is 1. The molecule has 4 aromatic carbocycles. The summed E-state index contributed by atoms with van der Waals surface area (Å²) >= 11 is 0. The van der Waals surface area contributed by atoms with E-state index in [1.807, 2.05) is 60.7 Å². The van der Waals surface area contributed by atoms with E-state index in [4.69, 9.17) is 9.47 Å². The second kappa shape index (κ2) is 7.52. The Bertz CT molecular complexity index is 1160. The minimum atomic E-state index is -0.268. The van der Waals surface area contributed by atoms with Crippen LogP contribution in [0.3, 0.4) is 0 Å². The average molecular weight is 413 g/mol. The molecular weight excluding hydrogens is 390 g/mol. The van der Waals surface area contributed by atoms with Gasteiger partial charge in [-0.15, -0.1) is 0 Å². The number of benzene rings is 4. The summed E-state index contributed by atoms with van der Waals surface area (Å²) in [6.07, 6.45) is 0. The smallest absolute Gasteiger partial charge is 0.121 e. The molecule has 0 fully saturated rings. The van der Waals surface area contributed by atoms with E-state index < -0.39 is 0 Å². The molecule has 31 heavy (non-hydrogen) atoms. The van der Waals surface area contributed by atoms with Crippen LogP contribution in [-0.4, -0.2) is 24.4 Å². The minimum absolute atomic E-state index is 0.195. The number of rotatable bonds is 4. The van der Waals surface area contributed by atoms with Crippen LogP contribution in [0.5, 0.6) is 23.0 Å². The van der Waals surface area contributed by atoms with Gasteiger partial charge in [-0.1, -0.05) is 36.4 Å². The Hall–Kier alpha value is -3.70. The molecule has 5 rings (SSSR count). The number of hydrogen-bond donors (Lipinski definition) is 3. The zero-order valence-corrected chi connectivity index (χ0v) is 17.3. The second-order valence-corrected chi connectivity index (χ2v) is 7.67. The summed E-state index contributed by atoms with van der Waals surface area (Å²) in [6.45, 7) is 0. The number of ether oxygens (including phenoxy) is 2. The fourth-order valence-corrected chi connectivity index (χ4v) is 4.49. The minimum Gasteiger partial charge on any atom is -0.508 e. The highest BCUT2D eigenvalue weighted by Crippen LogP contribution is 2.48. The van der Waals surface area contributed by atoms with Crippen LogP contribution in [0.15, 0.2) is 72.8 Å². The van der Waals surface area contributed by atoms with Gasteiger partial charge in [0.15, 0.2) is 0 Å². The lowest BCUT2D eigenvalue weighted by Gasteiger charge is -2.35. The highest BCUT2D eigenvalue weighted by Gasteiger charge is 2.34. The molecule has 0 bridgehead atoms. The van der Waals surface area contributed by atoms with Crippen LogP contribution >= 0.6 is 0 Å². The SMILES string of the molecule is COc1ccc([C@@H]2N[C@@H](c3ccc(OC)cc3)c3c(O)ccc4ccc(O)c2c34)cc1. The lowest BCUT2D eigenvalue weighted by Crippen LogP contribution is -2.32. The van der Waals surface area contributed by atoms with Crippen molar-refractivity contribution in [3.63, 3.8) is 0 Å². The summed E-state index contributed by atoms with van der Waals surface area (Å²) in [6, 6.07) is 22.3. The van der Waals surface area contributed by atoms with Crippen LogP contribution in [0.25, 0.3) is 10.8 Å². The maximum Gasteiger partial charge on any atom is 0.121 e. The zero-order valence-electron chi connectivity index (χ0n) is 17.3. The van der Waals surface area contributed by atoms with Crippen LogP contribution in [0.1, 0.15) is 34.3 Å². The van der Waals surface area contributed by atoms with Crippen LogP contribution in [0.2, 0.25) is 0 Å². The molecule has 0 aliphatic carbocycles. The third-order valence-corrected chi connectivity index (χ3v) is 6.03. The molecular formula is C26H23NO4. The van der Waals surface area contributed by atoms with Crippen LogP contribution < -0.4 is 14.8 Å². The summed E-state index contributed by atoms with van der Waals surface area (Å²) in [7, 11) is 3.28. The molecule has 1 aliphatic heterocycles. The van der Waals surface area contributed by atoms with E-state index in [1.54, 1.807) is 26.4 Å². The van der Waals surface area contributed by atoms with Gasteiger partial charge >= 0.3 is 0 Å². The topological polar surface area (TPSA) is 71.0 Å². The molecule has 1 aliphatic rings. The lowest BCUT2D eigenvalue weighted by atomic mass is 9.81. The molecule has 0 amide bonds. The predicted octanol–water partition coefficient (Wildman–Crippen LogP) is 5.05. The Morgan fingerprint density at radius 2 is 1.03 bits per heavy atom. The first-order valence-electron chi connectivity index (χ1n) is 10.1. The molecule has 0 aromatic heterocycles. The maximum absolute atomic E-state index is 10.9. The van der Waals surface area contributed by atoms with Crippen molar-refractivity contribution in [2.24, 2.45) is 0 Å². The molecule has 0 unspecified atom stereocenters. The number of phenols is 2. The molecule has 5 nitrogen and oxygen atoms in total. The second-order valence-electron chi connectivity index (χ2n) is 7.67. The molecule has 2 atom stereocenters. The van der Waals surface area contributed by atoms with Gasteiger partial charge in [0, 0.05) is 11.1 Å². The lowest BCUT2D eigenvalue weighted by molar-refractivity contribution is 0.413. The van der Waals surface area contributed by atoms with E-state index in [0.29, 0.717) is 0 Å². The first-order valence-corrected chi connectivity index (χ1v) is 10.1. The van der Waals surface area contributed by atoms with Crippen molar-refractivity contribution in [3.05, 3.63) is 95.1 Å². The average Bonchev–Trinajstić information content (AvgIpc) is 2.82. The Morgan fingerprint density at radius 3 is 1.42 bits per heavy atom. The van der Waals surface area contributed by atoms with E-state index in [0.717, 1.165) is 44.5 Å². The maximum atomic E-state index is 10.9. The van der Waals surface area contributed by atoms with Gasteiger partial charge in [-0.3, -0.25) is 5.32 Å². The predicted molar refractivity (Wildman–Crippen MR) is 120 cm³/mol. The molecule has 0 saturated heterocycles. The van der Waals surface area contributed by atoms with Crippen molar-refractivity contribution in [2.75, 3.05) is 14.2 Å². The van der Waals surface area contributed by atoms with E-state index >= 15 is 0 Å². The molecule has 0 saturated carbocycles. The van der Waals surface area contributed by atoms with E-state index in [9.17, 15) is 10.2 Å². The summed E-state index contributed by atoms with van der Waals surface area (Å²) in [5.74, 6) is 1.93. The number of phenolic OH excluding ortho intramolecular Hbond substituents is 2. The fraction of sp³-hybridized carbons (Fsp3) is 0.154. The zero-order chi connectivity index (χ0) is 21.5. The highest BCUT2D eigenvalue weighted by atomic mass is 16.5. The molecule has 4 aromatic rings. The Kier molecular flexibility index (Phi) is 4.68. The van der Waals surface area contributed by atoms with Gasteiger partial charge in [0.1, 0.15) is 23.0 Å². The first kappa shape index (κ1) is 19.3. The van der Waals surface area contributed by atoms with Gasteiger partial charge < -0.3 is 19.7 Å². The van der Waals surface area contributed by atoms with Gasteiger partial charge in [-0.25, -0.2) is 0 Å². The molecule has 1 heterocycles. The summed E-state index contributed by atoms with van der Waals surface area (Å²) < 4.78 is 10.6. The van der Waals surface area contributed by atoms with E-state index in [1.165, 1.54) is 0 Å². The van der Waals surface area contributed by atoms with Crippen molar-refractivity contribution in [1.29, 1.82) is 0 Å². The molecule has 0 spiro atoms. The Morgan fingerprint density at radius 1 is 0.613 bits per heavy atom. The van der Waals surface area contributed by atoms with Gasteiger partial charge in [-0.2, -0.15) is 0 Å². The van der Waals surface area contributed by atoms with Crippen molar-refractivity contribution in [1.82, 2.24) is 5.32 Å². The quantitative estimate of drug-likeness (QED) is 0.437. The molecule has 156 valence electrons. The number of aromatic hydroxyl groups is 2. The van der Waals surface area contributed by atoms with E-state index in [-0.39, 0.29) is 23.6 Å². The first-order chi connectivity index (χ1) is 15.1. The number of hydrogen-bond acceptors (Lipinski definition) is 5. The van der Waals surface area contributed by atoms with Crippen molar-refractivity contribution < 1.29 is 19.7 Å². The van der Waals surface area contributed by atoms with Crippen LogP contribution in [0.4, 0.5) is 0 Å². The Labute approximate surface area is 180 Å². The normalized spacial score (nSPS) is 17.5.